The van der Waals surface area contributed by atoms with Crippen LogP contribution in [0.1, 0.15) is 32.3 Å². The number of hydrogen-bond donors (Lipinski definition) is 1. The van der Waals surface area contributed by atoms with Crippen LogP contribution in [0.5, 0.6) is 11.5 Å². The third kappa shape index (κ3) is 4.28. The molecule has 1 atom stereocenters. The maximum absolute atomic E-state index is 12.6. The Bertz CT molecular complexity index is 760. The molecule has 2 aromatic rings. The van der Waals surface area contributed by atoms with Gasteiger partial charge >= 0.3 is 0 Å². The zero-order valence-corrected chi connectivity index (χ0v) is 15.6. The molecule has 0 aliphatic carbocycles. The molecule has 0 spiro atoms. The number of para-hydroxylation sites is 1. The Labute approximate surface area is 152 Å². The minimum Gasteiger partial charge on any atom is -0.486 e. The zero-order valence-electron chi connectivity index (χ0n) is 14.7. The fourth-order valence-electron chi connectivity index (χ4n) is 2.70. The summed E-state index contributed by atoms with van der Waals surface area (Å²) in [6, 6.07) is 13.7. The van der Waals surface area contributed by atoms with Crippen LogP contribution in [-0.2, 0) is 4.79 Å². The maximum atomic E-state index is 12.6. The van der Waals surface area contributed by atoms with Gasteiger partial charge in [0.15, 0.2) is 11.5 Å². The molecule has 25 heavy (non-hydrogen) atoms. The van der Waals surface area contributed by atoms with Crippen molar-refractivity contribution in [3.63, 3.8) is 0 Å². The molecule has 0 radical (unpaired) electrons. The lowest BCUT2D eigenvalue weighted by atomic mass is 10.0. The molecule has 0 saturated carbocycles. The number of benzene rings is 2. The Morgan fingerprint density at radius 2 is 1.76 bits per heavy atom. The summed E-state index contributed by atoms with van der Waals surface area (Å²) in [5.74, 6) is 1.86. The number of nitrogens with one attached hydrogen (secondary N) is 1. The second-order valence-corrected chi connectivity index (χ2v) is 7.71. The molecular weight excluding hydrogens is 334 g/mol. The third-order valence-corrected chi connectivity index (χ3v) is 5.13. The second kappa shape index (κ2) is 7.83. The van der Waals surface area contributed by atoms with E-state index in [1.54, 1.807) is 0 Å². The molecule has 1 N–H and O–H groups in total. The quantitative estimate of drug-likeness (QED) is 0.788. The topological polar surface area (TPSA) is 47.6 Å². The number of ether oxygens (including phenoxy) is 2. The predicted molar refractivity (Wildman–Crippen MR) is 102 cm³/mol. The fourth-order valence-corrected chi connectivity index (χ4v) is 3.60. The summed E-state index contributed by atoms with van der Waals surface area (Å²) in [6.07, 6.45) is 0. The molecule has 1 aliphatic rings. The van der Waals surface area contributed by atoms with Crippen LogP contribution in [0.15, 0.2) is 47.4 Å². The van der Waals surface area contributed by atoms with E-state index in [2.05, 4.69) is 25.2 Å². The number of anilines is 1. The van der Waals surface area contributed by atoms with Crippen molar-refractivity contribution in [1.29, 1.82) is 0 Å². The van der Waals surface area contributed by atoms with Gasteiger partial charge in [0.25, 0.3) is 0 Å². The van der Waals surface area contributed by atoms with Gasteiger partial charge in [-0.25, -0.2) is 0 Å². The van der Waals surface area contributed by atoms with Gasteiger partial charge < -0.3 is 14.8 Å². The van der Waals surface area contributed by atoms with E-state index >= 15 is 0 Å². The molecule has 0 fully saturated rings. The average Bonchev–Trinajstić information content (AvgIpc) is 2.61. The van der Waals surface area contributed by atoms with Crippen molar-refractivity contribution in [3.05, 3.63) is 48.0 Å². The van der Waals surface area contributed by atoms with E-state index in [1.165, 1.54) is 11.8 Å². The molecule has 0 saturated heterocycles. The largest absolute Gasteiger partial charge is 0.486 e. The smallest absolute Gasteiger partial charge is 0.237 e. The first-order valence-electron chi connectivity index (χ1n) is 8.50. The van der Waals surface area contributed by atoms with Crippen molar-refractivity contribution < 1.29 is 14.3 Å². The van der Waals surface area contributed by atoms with Crippen LogP contribution < -0.4 is 14.8 Å². The monoisotopic (exact) mass is 357 g/mol. The number of hydrogen-bond acceptors (Lipinski definition) is 4. The first-order valence-corrected chi connectivity index (χ1v) is 9.38. The first kappa shape index (κ1) is 17.7. The van der Waals surface area contributed by atoms with Crippen molar-refractivity contribution in [2.24, 2.45) is 0 Å². The molecule has 1 amide bonds. The van der Waals surface area contributed by atoms with E-state index in [0.29, 0.717) is 19.1 Å². The summed E-state index contributed by atoms with van der Waals surface area (Å²) in [4.78, 5) is 13.6. The summed E-state index contributed by atoms with van der Waals surface area (Å²) in [5, 5.41) is 2.84. The highest BCUT2D eigenvalue weighted by molar-refractivity contribution is 8.00. The molecule has 1 heterocycles. The molecule has 0 aromatic heterocycles. The van der Waals surface area contributed by atoms with Gasteiger partial charge in [0, 0.05) is 10.6 Å². The molecule has 1 aliphatic heterocycles. The van der Waals surface area contributed by atoms with E-state index in [9.17, 15) is 4.79 Å². The van der Waals surface area contributed by atoms with Crippen molar-refractivity contribution in [3.8, 4) is 11.5 Å². The number of amides is 1. The summed E-state index contributed by atoms with van der Waals surface area (Å²) in [5.41, 5.74) is 2.03. The van der Waals surface area contributed by atoms with E-state index in [1.807, 2.05) is 43.3 Å². The van der Waals surface area contributed by atoms with E-state index in [0.717, 1.165) is 27.6 Å². The highest BCUT2D eigenvalue weighted by atomic mass is 32.2. The van der Waals surface area contributed by atoms with Gasteiger partial charge in [-0.2, -0.15) is 0 Å². The molecule has 3 rings (SSSR count). The van der Waals surface area contributed by atoms with Crippen LogP contribution in [0.25, 0.3) is 0 Å². The second-order valence-electron chi connectivity index (χ2n) is 6.30. The van der Waals surface area contributed by atoms with Crippen LogP contribution in [0, 0.1) is 0 Å². The molecule has 1 unspecified atom stereocenters. The SMILES string of the molecule is CC(Sc1ccc2c(c1)OCCO2)C(=O)Nc1ccccc1C(C)C. The van der Waals surface area contributed by atoms with E-state index in [4.69, 9.17) is 9.47 Å². The highest BCUT2D eigenvalue weighted by Crippen LogP contribution is 2.35. The van der Waals surface area contributed by atoms with Crippen molar-refractivity contribution >= 4 is 23.4 Å². The standard InChI is InChI=1S/C20H23NO3S/c1-13(2)16-6-4-5-7-17(16)21-20(22)14(3)25-15-8-9-18-19(12-15)24-11-10-23-18/h4-9,12-14H,10-11H2,1-3H3,(H,21,22). The predicted octanol–water partition coefficient (Wildman–Crippen LogP) is 4.70. The minimum atomic E-state index is -0.220. The molecule has 0 bridgehead atoms. The van der Waals surface area contributed by atoms with Crippen LogP contribution >= 0.6 is 11.8 Å². The van der Waals surface area contributed by atoms with Gasteiger partial charge in [0.2, 0.25) is 5.91 Å². The van der Waals surface area contributed by atoms with E-state index < -0.39 is 0 Å². The lowest BCUT2D eigenvalue weighted by Crippen LogP contribution is -2.23. The van der Waals surface area contributed by atoms with Crippen molar-refractivity contribution in [2.45, 2.75) is 36.8 Å². The van der Waals surface area contributed by atoms with Gasteiger partial charge in [-0.1, -0.05) is 32.0 Å². The lowest BCUT2D eigenvalue weighted by molar-refractivity contribution is -0.115. The highest BCUT2D eigenvalue weighted by Gasteiger charge is 2.18. The number of thioether (sulfide) groups is 1. The average molecular weight is 357 g/mol. The van der Waals surface area contributed by atoms with Crippen LogP contribution in [0.2, 0.25) is 0 Å². The summed E-state index contributed by atoms with van der Waals surface area (Å²) < 4.78 is 11.1. The Balaban J connectivity index is 1.67. The van der Waals surface area contributed by atoms with Crippen molar-refractivity contribution in [1.82, 2.24) is 0 Å². The normalized spacial score (nSPS) is 14.2. The number of rotatable bonds is 5. The van der Waals surface area contributed by atoms with Gasteiger partial charge in [-0.05, 0) is 42.7 Å². The van der Waals surface area contributed by atoms with E-state index in [-0.39, 0.29) is 11.2 Å². The van der Waals surface area contributed by atoms with Crippen molar-refractivity contribution in [2.75, 3.05) is 18.5 Å². The number of fused-ring (bicyclic) bond motifs is 1. The van der Waals surface area contributed by atoms with Gasteiger partial charge in [0.1, 0.15) is 13.2 Å². The summed E-state index contributed by atoms with van der Waals surface area (Å²) >= 11 is 1.51. The Hall–Kier alpha value is -2.14. The zero-order chi connectivity index (χ0) is 17.8. The van der Waals surface area contributed by atoms with Crippen LogP contribution in [0.4, 0.5) is 5.69 Å². The third-order valence-electron chi connectivity index (χ3n) is 4.04. The molecule has 4 nitrogen and oxygen atoms in total. The summed E-state index contributed by atoms with van der Waals surface area (Å²) in [6.45, 7) is 7.29. The molecule has 2 aromatic carbocycles. The Morgan fingerprint density at radius 1 is 1.04 bits per heavy atom. The van der Waals surface area contributed by atoms with Gasteiger partial charge in [-0.15, -0.1) is 11.8 Å². The maximum Gasteiger partial charge on any atom is 0.237 e. The molecule has 5 heteroatoms. The first-order chi connectivity index (χ1) is 12.0. The summed E-state index contributed by atoms with van der Waals surface area (Å²) in [7, 11) is 0. The Morgan fingerprint density at radius 3 is 2.52 bits per heavy atom. The van der Waals surface area contributed by atoms with Gasteiger partial charge in [0.05, 0.1) is 5.25 Å². The molecular formula is C20H23NO3S. The Kier molecular flexibility index (Phi) is 5.53. The number of carbonyl (C=O) groups is 1. The van der Waals surface area contributed by atoms with Gasteiger partial charge in [-0.3, -0.25) is 4.79 Å². The fraction of sp³-hybridized carbons (Fsp3) is 0.350. The van der Waals surface area contributed by atoms with Crippen LogP contribution in [-0.4, -0.2) is 24.4 Å². The lowest BCUT2D eigenvalue weighted by Gasteiger charge is -2.20. The minimum absolute atomic E-state index is 0.00649. The number of carbonyl (C=O) groups excluding carboxylic acids is 1. The van der Waals surface area contributed by atoms with Crippen LogP contribution in [0.3, 0.4) is 0 Å². The molecule has 132 valence electrons.